The van der Waals surface area contributed by atoms with Crippen LogP contribution in [-0.4, -0.2) is 90.2 Å². The van der Waals surface area contributed by atoms with Gasteiger partial charge in [0.2, 0.25) is 6.54 Å². The van der Waals surface area contributed by atoms with E-state index in [0.717, 1.165) is 46.0 Å². The molecule has 0 unspecified atom stereocenters. The summed E-state index contributed by atoms with van der Waals surface area (Å²) in [6, 6.07) is 12.6. The number of hydrogen-bond acceptors (Lipinski definition) is 7. The van der Waals surface area contributed by atoms with Crippen LogP contribution in [0.4, 0.5) is 15.9 Å². The summed E-state index contributed by atoms with van der Waals surface area (Å²) in [6.07, 6.45) is 4.56. The van der Waals surface area contributed by atoms with Gasteiger partial charge in [-0.05, 0) is 63.6 Å². The van der Waals surface area contributed by atoms with Crippen LogP contribution in [0.15, 0.2) is 48.8 Å². The molecule has 3 aliphatic rings. The lowest BCUT2D eigenvalue weighted by Crippen LogP contribution is -2.57. The van der Waals surface area contributed by atoms with Crippen molar-refractivity contribution in [3.8, 4) is 6.01 Å². The molecule has 11 heteroatoms. The number of hydrogen-bond donors (Lipinski definition) is 0. The number of likely N-dealkylation sites (N-methyl/N-ethyl adjacent to an activating group) is 1. The molecule has 1 saturated heterocycles. The maximum Gasteiger partial charge on any atom is 0.318 e. The molecule has 0 spiro atoms. The summed E-state index contributed by atoms with van der Waals surface area (Å²) in [5.41, 5.74) is 2.96. The highest BCUT2D eigenvalue weighted by atomic mass is 35.5. The van der Waals surface area contributed by atoms with E-state index in [1.807, 2.05) is 12.1 Å². The van der Waals surface area contributed by atoms with Crippen molar-refractivity contribution in [3.05, 3.63) is 76.5 Å². The van der Waals surface area contributed by atoms with Gasteiger partial charge in [-0.15, -0.1) is 0 Å². The molecule has 0 N–H and O–H groups in total. The summed E-state index contributed by atoms with van der Waals surface area (Å²) < 4.78 is 20.2. The van der Waals surface area contributed by atoms with E-state index >= 15 is 0 Å². The lowest BCUT2D eigenvalue weighted by atomic mass is 9.79. The van der Waals surface area contributed by atoms with Crippen molar-refractivity contribution in [2.45, 2.75) is 64.2 Å². The highest BCUT2D eigenvalue weighted by molar-refractivity contribution is 6.36. The average molecular weight is 660 g/mol. The molecule has 9 nitrogen and oxygen atoms in total. The van der Waals surface area contributed by atoms with Crippen LogP contribution >= 0.6 is 11.6 Å². The maximum absolute atomic E-state index is 13.9. The number of nitrogens with zero attached hydrogens (tertiary/aromatic N) is 7. The van der Waals surface area contributed by atoms with Gasteiger partial charge in [0.1, 0.15) is 18.5 Å². The topological polar surface area (TPSA) is 69.4 Å². The van der Waals surface area contributed by atoms with Crippen LogP contribution in [0.25, 0.3) is 15.6 Å². The van der Waals surface area contributed by atoms with Crippen molar-refractivity contribution in [3.63, 3.8) is 0 Å². The Morgan fingerprint density at radius 1 is 1.17 bits per heavy atom. The van der Waals surface area contributed by atoms with Gasteiger partial charge in [0.25, 0.3) is 5.91 Å². The van der Waals surface area contributed by atoms with E-state index in [9.17, 15) is 9.18 Å². The lowest BCUT2D eigenvalue weighted by molar-refractivity contribution is -0.131. The highest BCUT2D eigenvalue weighted by Crippen LogP contribution is 2.37. The third kappa shape index (κ3) is 6.74. The summed E-state index contributed by atoms with van der Waals surface area (Å²) in [7, 11) is 2.16. The molecule has 2 fully saturated rings. The van der Waals surface area contributed by atoms with Crippen LogP contribution in [-0.2, 0) is 17.8 Å². The standard InChI is InChI=1S/C36H43ClFN7O2/c1-23(42(5)25(3)26-9-6-10-26)22-47-36-40-31-21-43(32-14-8-12-27-11-7-13-30(37)33(27)32)16-15-29(31)34(41-36)44-17-18-45(35(46)24(2)38)28(20-44)19-39-4/h7-8,11-14,23,25-26,28H,2,6,9-10,15-22H2,1,3,5H3/t23-,25+,28+/m1/s1. The first kappa shape index (κ1) is 33.0. The molecular formula is C36H43ClFN7O2. The van der Waals surface area contributed by atoms with Crippen molar-refractivity contribution >= 4 is 39.8 Å². The molecule has 3 heterocycles. The molecule has 0 bridgehead atoms. The van der Waals surface area contributed by atoms with E-state index in [1.54, 1.807) is 0 Å². The largest absolute Gasteiger partial charge is 0.462 e. The van der Waals surface area contributed by atoms with E-state index < -0.39 is 17.8 Å². The molecule has 3 aromatic rings. The van der Waals surface area contributed by atoms with Crippen molar-refractivity contribution < 1.29 is 13.9 Å². The van der Waals surface area contributed by atoms with Crippen LogP contribution in [0.3, 0.4) is 0 Å². The van der Waals surface area contributed by atoms with Crippen LogP contribution in [0.1, 0.15) is 44.4 Å². The van der Waals surface area contributed by atoms with Crippen LogP contribution < -0.4 is 14.5 Å². The Bertz CT molecular complexity index is 1690. The number of benzene rings is 2. The molecule has 0 radical (unpaired) electrons. The summed E-state index contributed by atoms with van der Waals surface area (Å²) in [5, 5.41) is 2.80. The SMILES string of the molecule is [C-]#[N+]C[C@H]1CN(c2nc(OC[C@@H](C)N(C)[C@@H](C)C3CCC3)nc3c2CCN(c2cccc4cccc(Cl)c24)C3)CCN1C(=O)C(=C)F. The summed E-state index contributed by atoms with van der Waals surface area (Å²) in [5.74, 6) is -0.287. The first-order valence-corrected chi connectivity index (χ1v) is 16.9. The zero-order valence-electron chi connectivity index (χ0n) is 27.5. The predicted molar refractivity (Wildman–Crippen MR) is 185 cm³/mol. The molecule has 2 aliphatic heterocycles. The van der Waals surface area contributed by atoms with Crippen molar-refractivity contribution in [2.24, 2.45) is 5.92 Å². The van der Waals surface area contributed by atoms with Gasteiger partial charge in [0.05, 0.1) is 17.3 Å². The number of carbonyl (C=O) groups excluding carboxylic acids is 1. The number of amides is 1. The molecule has 1 aliphatic carbocycles. The van der Waals surface area contributed by atoms with E-state index in [-0.39, 0.29) is 19.1 Å². The number of piperazine rings is 1. The number of rotatable bonds is 10. The molecule has 3 atom stereocenters. The van der Waals surface area contributed by atoms with Gasteiger partial charge in [-0.3, -0.25) is 9.69 Å². The Morgan fingerprint density at radius 3 is 2.64 bits per heavy atom. The lowest BCUT2D eigenvalue weighted by Gasteiger charge is -2.41. The summed E-state index contributed by atoms with van der Waals surface area (Å²) in [6.45, 7) is 18.0. The van der Waals surface area contributed by atoms with Crippen LogP contribution in [0.5, 0.6) is 6.01 Å². The van der Waals surface area contributed by atoms with Gasteiger partial charge in [-0.25, -0.2) is 11.0 Å². The van der Waals surface area contributed by atoms with E-state index in [4.69, 9.17) is 32.9 Å². The quantitative estimate of drug-likeness (QED) is 0.191. The van der Waals surface area contributed by atoms with Gasteiger partial charge < -0.3 is 24.3 Å². The minimum absolute atomic E-state index is 0.0603. The molecule has 1 aromatic heterocycles. The Kier molecular flexibility index (Phi) is 9.85. The number of halogens is 2. The van der Waals surface area contributed by atoms with Gasteiger partial charge in [-0.1, -0.05) is 48.9 Å². The first-order valence-electron chi connectivity index (χ1n) is 16.6. The maximum atomic E-state index is 13.9. The second-order valence-corrected chi connectivity index (χ2v) is 13.5. The monoisotopic (exact) mass is 659 g/mol. The Morgan fingerprint density at radius 2 is 1.94 bits per heavy atom. The molecule has 1 saturated carbocycles. The van der Waals surface area contributed by atoms with Gasteiger partial charge in [0, 0.05) is 54.9 Å². The number of aromatic nitrogens is 2. The first-order chi connectivity index (χ1) is 22.7. The fraction of sp³-hybridized carbons (Fsp3) is 0.500. The predicted octanol–water partition coefficient (Wildman–Crippen LogP) is 6.15. The molecule has 2 aromatic carbocycles. The zero-order valence-corrected chi connectivity index (χ0v) is 28.2. The molecule has 47 heavy (non-hydrogen) atoms. The third-order valence-electron chi connectivity index (χ3n) is 10.4. The number of carbonyl (C=O) groups is 1. The number of ether oxygens (including phenoxy) is 1. The summed E-state index contributed by atoms with van der Waals surface area (Å²) >= 11 is 6.72. The molecule has 6 rings (SSSR count). The van der Waals surface area contributed by atoms with E-state index in [1.165, 1.54) is 24.2 Å². The Balaban J connectivity index is 1.31. The Labute approximate surface area is 281 Å². The third-order valence-corrected chi connectivity index (χ3v) is 10.7. The van der Waals surface area contributed by atoms with Gasteiger partial charge >= 0.3 is 6.01 Å². The smallest absolute Gasteiger partial charge is 0.318 e. The van der Waals surface area contributed by atoms with Gasteiger partial charge in [-0.2, -0.15) is 9.97 Å². The minimum Gasteiger partial charge on any atom is -0.462 e. The summed E-state index contributed by atoms with van der Waals surface area (Å²) in [4.78, 5) is 34.3. The van der Waals surface area contributed by atoms with E-state index in [2.05, 4.69) is 71.3 Å². The number of anilines is 2. The minimum atomic E-state index is -1.01. The van der Waals surface area contributed by atoms with Crippen LogP contribution in [0, 0.1) is 12.5 Å². The zero-order chi connectivity index (χ0) is 33.2. The van der Waals surface area contributed by atoms with Crippen LogP contribution in [0.2, 0.25) is 5.02 Å². The second-order valence-electron chi connectivity index (χ2n) is 13.1. The molecule has 248 valence electrons. The molecule has 1 amide bonds. The number of fused-ring (bicyclic) bond motifs is 2. The Hall–Kier alpha value is -3.94. The normalized spacial score (nSPS) is 19.6. The van der Waals surface area contributed by atoms with Crippen molar-refractivity contribution in [1.29, 1.82) is 0 Å². The van der Waals surface area contributed by atoms with Crippen molar-refractivity contribution in [1.82, 2.24) is 19.8 Å². The van der Waals surface area contributed by atoms with Crippen molar-refractivity contribution in [2.75, 3.05) is 56.2 Å². The fourth-order valence-corrected chi connectivity index (χ4v) is 7.44. The second kappa shape index (κ2) is 14.0. The average Bonchev–Trinajstić information content (AvgIpc) is 3.05. The van der Waals surface area contributed by atoms with Gasteiger partial charge in [0.15, 0.2) is 5.83 Å². The fourth-order valence-electron chi connectivity index (χ4n) is 7.16. The highest BCUT2D eigenvalue weighted by Gasteiger charge is 2.36. The van der Waals surface area contributed by atoms with E-state index in [0.29, 0.717) is 49.7 Å². The molecular weight excluding hydrogens is 617 g/mol.